The Hall–Kier alpha value is -4.77. The molecule has 0 N–H and O–H groups in total. The van der Waals surface area contributed by atoms with Crippen LogP contribution in [0.1, 0.15) is 29.7 Å². The highest BCUT2D eigenvalue weighted by atomic mass is 32.1. The Morgan fingerprint density at radius 1 is 1.10 bits per heavy atom. The monoisotopic (exact) mass is 576 g/mol. The number of fused-ring (bicyclic) bond motifs is 2. The summed E-state index contributed by atoms with van der Waals surface area (Å²) in [5.74, 6) is 0.325. The highest BCUT2D eigenvalue weighted by molar-refractivity contribution is 7.07. The molecule has 0 radical (unpaired) electrons. The lowest BCUT2D eigenvalue weighted by Gasteiger charge is -2.26. The summed E-state index contributed by atoms with van der Waals surface area (Å²) in [4.78, 5) is 32.7. The standard InChI is InChI=1S/C30H22F2N2O6S/c1-2-37-28(36)24-25(17-8-4-3-5-9-17)33-30-34(26(24)19-12-13-21-22(14-19)39-16-38-21)27(35)23(41-30)15-18-10-6-7-11-20(18)40-29(31)32/h3-15,26,29H,2,16H2,1H3/b23-15+/t26-/m0/s1. The third-order valence-electron chi connectivity index (χ3n) is 6.51. The molecule has 1 atom stereocenters. The number of halogens is 2. The Morgan fingerprint density at radius 3 is 2.63 bits per heavy atom. The fourth-order valence-corrected chi connectivity index (χ4v) is 5.78. The highest BCUT2D eigenvalue weighted by Crippen LogP contribution is 2.40. The van der Waals surface area contributed by atoms with Gasteiger partial charge in [-0.1, -0.05) is 65.9 Å². The van der Waals surface area contributed by atoms with Gasteiger partial charge in [-0.25, -0.2) is 9.79 Å². The highest BCUT2D eigenvalue weighted by Gasteiger charge is 2.36. The number of benzene rings is 3. The molecule has 0 bridgehead atoms. The van der Waals surface area contributed by atoms with Crippen molar-refractivity contribution in [3.63, 3.8) is 0 Å². The molecule has 11 heteroatoms. The van der Waals surface area contributed by atoms with Gasteiger partial charge in [-0.05, 0) is 36.8 Å². The molecule has 6 rings (SSSR count). The van der Waals surface area contributed by atoms with Crippen LogP contribution in [-0.4, -0.2) is 30.5 Å². The molecule has 2 aliphatic rings. The number of ether oxygens (including phenoxy) is 4. The molecular formula is C30H22F2N2O6S. The fraction of sp³-hybridized carbons (Fsp3) is 0.167. The van der Waals surface area contributed by atoms with Gasteiger partial charge in [0.15, 0.2) is 16.3 Å². The molecule has 0 fully saturated rings. The van der Waals surface area contributed by atoms with Gasteiger partial charge in [0.2, 0.25) is 6.79 Å². The first kappa shape index (κ1) is 26.5. The van der Waals surface area contributed by atoms with E-state index in [0.717, 1.165) is 11.3 Å². The molecular weight excluding hydrogens is 554 g/mol. The maximum atomic E-state index is 14.0. The first-order valence-corrected chi connectivity index (χ1v) is 13.5. The van der Waals surface area contributed by atoms with Crippen molar-refractivity contribution in [2.24, 2.45) is 4.99 Å². The van der Waals surface area contributed by atoms with E-state index in [1.54, 1.807) is 43.3 Å². The molecule has 41 heavy (non-hydrogen) atoms. The van der Waals surface area contributed by atoms with Gasteiger partial charge in [0, 0.05) is 11.1 Å². The van der Waals surface area contributed by atoms with Crippen LogP contribution in [-0.2, 0) is 9.53 Å². The van der Waals surface area contributed by atoms with E-state index < -0.39 is 24.2 Å². The van der Waals surface area contributed by atoms with Crippen LogP contribution in [0.4, 0.5) is 8.78 Å². The maximum absolute atomic E-state index is 14.0. The zero-order valence-corrected chi connectivity index (χ0v) is 22.4. The Balaban J connectivity index is 1.63. The number of para-hydroxylation sites is 1. The quantitative estimate of drug-likeness (QED) is 0.306. The van der Waals surface area contributed by atoms with Gasteiger partial charge in [0.05, 0.1) is 28.5 Å². The molecule has 0 unspecified atom stereocenters. The van der Waals surface area contributed by atoms with Crippen LogP contribution in [0.25, 0.3) is 11.8 Å². The van der Waals surface area contributed by atoms with Crippen LogP contribution >= 0.6 is 11.3 Å². The van der Waals surface area contributed by atoms with Gasteiger partial charge in [0.25, 0.3) is 5.56 Å². The SMILES string of the molecule is CCOC(=O)C1=C(c2ccccc2)N=c2s/c(=C/c3ccccc3OC(F)F)c(=O)n2[C@H]1c1ccc2c(c1)OCO2. The van der Waals surface area contributed by atoms with Gasteiger partial charge in [-0.2, -0.15) is 8.78 Å². The number of nitrogens with zero attached hydrogens (tertiary/aromatic N) is 2. The van der Waals surface area contributed by atoms with Gasteiger partial charge in [0.1, 0.15) is 5.75 Å². The average Bonchev–Trinajstić information content (AvgIpc) is 3.57. The maximum Gasteiger partial charge on any atom is 0.387 e. The minimum absolute atomic E-state index is 0.0531. The summed E-state index contributed by atoms with van der Waals surface area (Å²) in [5.41, 5.74) is 1.62. The number of carbonyl (C=O) groups is 1. The number of thiazole rings is 1. The normalized spacial score (nSPS) is 16.0. The second-order valence-corrected chi connectivity index (χ2v) is 9.97. The van der Waals surface area contributed by atoms with Crippen molar-refractivity contribution in [1.82, 2.24) is 4.57 Å². The van der Waals surface area contributed by atoms with Crippen molar-refractivity contribution >= 4 is 29.1 Å². The molecule has 0 amide bonds. The predicted octanol–water partition coefficient (Wildman–Crippen LogP) is 4.27. The number of hydrogen-bond acceptors (Lipinski definition) is 8. The largest absolute Gasteiger partial charge is 0.463 e. The van der Waals surface area contributed by atoms with E-state index in [9.17, 15) is 18.4 Å². The number of aromatic nitrogens is 1. The molecule has 0 saturated heterocycles. The van der Waals surface area contributed by atoms with E-state index in [-0.39, 0.29) is 29.3 Å². The third kappa shape index (κ3) is 5.00. The summed E-state index contributed by atoms with van der Waals surface area (Å²) < 4.78 is 48.9. The number of hydrogen-bond donors (Lipinski definition) is 0. The first-order valence-electron chi connectivity index (χ1n) is 12.7. The summed E-state index contributed by atoms with van der Waals surface area (Å²) in [5, 5.41) is 0. The van der Waals surface area contributed by atoms with Gasteiger partial charge in [-0.3, -0.25) is 9.36 Å². The van der Waals surface area contributed by atoms with Crippen LogP contribution < -0.4 is 29.1 Å². The lowest BCUT2D eigenvalue weighted by molar-refractivity contribution is -0.138. The number of alkyl halides is 2. The summed E-state index contributed by atoms with van der Waals surface area (Å²) >= 11 is 1.08. The Bertz CT molecular complexity index is 1850. The lowest BCUT2D eigenvalue weighted by atomic mass is 9.93. The topological polar surface area (TPSA) is 88.4 Å². The van der Waals surface area contributed by atoms with Crippen molar-refractivity contribution in [3.8, 4) is 17.2 Å². The zero-order valence-electron chi connectivity index (χ0n) is 21.6. The summed E-state index contributed by atoms with van der Waals surface area (Å²) in [6.45, 7) is -1.16. The molecule has 208 valence electrons. The smallest absolute Gasteiger partial charge is 0.387 e. The Labute approximate surface area is 236 Å². The third-order valence-corrected chi connectivity index (χ3v) is 7.49. The zero-order chi connectivity index (χ0) is 28.5. The van der Waals surface area contributed by atoms with Crippen LogP contribution in [0.15, 0.2) is 88.2 Å². The van der Waals surface area contributed by atoms with Crippen LogP contribution in [0.5, 0.6) is 17.2 Å². The second kappa shape index (κ2) is 11.0. The van der Waals surface area contributed by atoms with E-state index >= 15 is 0 Å². The van der Waals surface area contributed by atoms with E-state index in [1.165, 1.54) is 16.7 Å². The van der Waals surface area contributed by atoms with Gasteiger partial charge in [-0.15, -0.1) is 0 Å². The number of rotatable bonds is 7. The number of esters is 1. The predicted molar refractivity (Wildman–Crippen MR) is 147 cm³/mol. The Kier molecular flexibility index (Phi) is 7.10. The molecule has 3 heterocycles. The van der Waals surface area contributed by atoms with Crippen molar-refractivity contribution in [2.75, 3.05) is 13.4 Å². The van der Waals surface area contributed by atoms with Crippen molar-refractivity contribution in [3.05, 3.63) is 115 Å². The Morgan fingerprint density at radius 2 is 1.85 bits per heavy atom. The van der Waals surface area contributed by atoms with Gasteiger partial charge >= 0.3 is 12.6 Å². The van der Waals surface area contributed by atoms with Crippen molar-refractivity contribution in [2.45, 2.75) is 19.6 Å². The molecule has 0 saturated carbocycles. The van der Waals surface area contributed by atoms with E-state index in [2.05, 4.69) is 4.74 Å². The van der Waals surface area contributed by atoms with E-state index in [0.29, 0.717) is 38.7 Å². The van der Waals surface area contributed by atoms with Crippen molar-refractivity contribution in [1.29, 1.82) is 0 Å². The minimum atomic E-state index is -3.03. The molecule has 0 aliphatic carbocycles. The van der Waals surface area contributed by atoms with Crippen molar-refractivity contribution < 1.29 is 32.5 Å². The molecule has 8 nitrogen and oxygen atoms in total. The summed E-state index contributed by atoms with van der Waals surface area (Å²) in [6, 6.07) is 19.6. The first-order chi connectivity index (χ1) is 19.9. The van der Waals surface area contributed by atoms with Crippen LogP contribution in [0.2, 0.25) is 0 Å². The summed E-state index contributed by atoms with van der Waals surface area (Å²) in [7, 11) is 0. The summed E-state index contributed by atoms with van der Waals surface area (Å²) in [6.07, 6.45) is 1.48. The average molecular weight is 577 g/mol. The second-order valence-electron chi connectivity index (χ2n) is 8.96. The molecule has 4 aromatic rings. The van der Waals surface area contributed by atoms with Gasteiger partial charge < -0.3 is 18.9 Å². The molecule has 0 spiro atoms. The van der Waals surface area contributed by atoms with E-state index in [4.69, 9.17) is 19.2 Å². The fourth-order valence-electron chi connectivity index (χ4n) is 4.78. The molecule has 3 aromatic carbocycles. The molecule has 2 aliphatic heterocycles. The lowest BCUT2D eigenvalue weighted by Crippen LogP contribution is -2.40. The van der Waals surface area contributed by atoms with Crippen LogP contribution in [0.3, 0.4) is 0 Å². The minimum Gasteiger partial charge on any atom is -0.463 e. The number of carbonyl (C=O) groups excluding carboxylic acids is 1. The van der Waals surface area contributed by atoms with E-state index in [1.807, 2.05) is 30.3 Å². The van der Waals surface area contributed by atoms with Crippen LogP contribution in [0, 0.1) is 0 Å². The molecule has 1 aromatic heterocycles.